The number of hydrazone groups is 1. The molecule has 0 atom stereocenters. The van der Waals surface area contributed by atoms with Crippen molar-refractivity contribution in [3.05, 3.63) is 76.0 Å². The number of hydrogen-bond acceptors (Lipinski definition) is 6. The fourth-order valence-electron chi connectivity index (χ4n) is 2.76. The Morgan fingerprint density at radius 2 is 1.90 bits per heavy atom. The Kier molecular flexibility index (Phi) is 7.10. The maximum atomic E-state index is 12.0. The van der Waals surface area contributed by atoms with E-state index >= 15 is 0 Å². The molecule has 0 spiro atoms. The van der Waals surface area contributed by atoms with Crippen molar-refractivity contribution in [3.8, 4) is 11.3 Å². The van der Waals surface area contributed by atoms with E-state index in [1.807, 2.05) is 32.0 Å². The number of ether oxygens (including phenoxy) is 1. The minimum atomic E-state index is -0.508. The molecule has 2 aromatic carbocycles. The highest BCUT2D eigenvalue weighted by atomic mass is 35.5. The Morgan fingerprint density at radius 1 is 1.10 bits per heavy atom. The lowest BCUT2D eigenvalue weighted by Crippen LogP contribution is -2.25. The molecule has 0 unspecified atom stereocenters. The van der Waals surface area contributed by atoms with Crippen LogP contribution >= 0.6 is 11.6 Å². The summed E-state index contributed by atoms with van der Waals surface area (Å²) in [5, 5.41) is 7.23. The monoisotopic (exact) mass is 439 g/mol. The molecule has 0 radical (unpaired) electrons. The van der Waals surface area contributed by atoms with Crippen molar-refractivity contribution < 1.29 is 18.7 Å². The average molecular weight is 440 g/mol. The van der Waals surface area contributed by atoms with Crippen molar-refractivity contribution in [2.45, 2.75) is 13.8 Å². The normalized spacial score (nSPS) is 10.8. The Morgan fingerprint density at radius 3 is 2.61 bits per heavy atom. The lowest BCUT2D eigenvalue weighted by atomic mass is 10.1. The zero-order valence-corrected chi connectivity index (χ0v) is 18.1. The summed E-state index contributed by atoms with van der Waals surface area (Å²) in [6.07, 6.45) is 1.40. The van der Waals surface area contributed by atoms with Crippen LogP contribution in [-0.2, 0) is 9.53 Å². The molecule has 0 saturated carbocycles. The van der Waals surface area contributed by atoms with Gasteiger partial charge in [0.2, 0.25) is 0 Å². The SMILES string of the molecule is COC(=O)c1ccc(-c2ccc(/C=N/NC(=O)CNc3ccc(C)c(C)c3)o2)cc1Cl. The smallest absolute Gasteiger partial charge is 0.339 e. The van der Waals surface area contributed by atoms with E-state index in [4.69, 9.17) is 16.0 Å². The number of amides is 1. The molecule has 31 heavy (non-hydrogen) atoms. The lowest BCUT2D eigenvalue weighted by molar-refractivity contribution is -0.119. The van der Waals surface area contributed by atoms with Crippen molar-refractivity contribution in [1.29, 1.82) is 0 Å². The highest BCUT2D eigenvalue weighted by Gasteiger charge is 2.13. The summed E-state index contributed by atoms with van der Waals surface area (Å²) in [7, 11) is 1.29. The van der Waals surface area contributed by atoms with Gasteiger partial charge in [-0.05, 0) is 61.4 Å². The molecule has 1 heterocycles. The summed E-state index contributed by atoms with van der Waals surface area (Å²) in [6, 6.07) is 14.3. The van der Waals surface area contributed by atoms with Gasteiger partial charge in [-0.1, -0.05) is 23.7 Å². The summed E-state index contributed by atoms with van der Waals surface area (Å²) in [5.41, 5.74) is 6.63. The van der Waals surface area contributed by atoms with Gasteiger partial charge in [0.05, 0.1) is 30.5 Å². The first-order chi connectivity index (χ1) is 14.9. The fourth-order valence-corrected chi connectivity index (χ4v) is 3.02. The van der Waals surface area contributed by atoms with Gasteiger partial charge in [0, 0.05) is 11.3 Å². The molecule has 3 rings (SSSR count). The number of anilines is 1. The van der Waals surface area contributed by atoms with Gasteiger partial charge in [-0.3, -0.25) is 4.79 Å². The molecule has 160 valence electrons. The standard InChI is InChI=1S/C23H22ClN3O4/c1-14-4-6-17(10-15(14)2)25-13-22(28)27-26-12-18-7-9-21(31-18)16-5-8-19(20(24)11-16)23(29)30-3/h4-12,25H,13H2,1-3H3,(H,27,28)/b26-12+. The molecule has 3 aromatic rings. The van der Waals surface area contributed by atoms with Crippen molar-refractivity contribution in [1.82, 2.24) is 5.43 Å². The largest absolute Gasteiger partial charge is 0.465 e. The van der Waals surface area contributed by atoms with E-state index in [1.54, 1.807) is 30.3 Å². The van der Waals surface area contributed by atoms with Crippen LogP contribution in [0.15, 0.2) is 58.0 Å². The molecule has 8 heteroatoms. The van der Waals surface area contributed by atoms with Gasteiger partial charge in [-0.25, -0.2) is 10.2 Å². The van der Waals surface area contributed by atoms with Crippen LogP contribution in [0.3, 0.4) is 0 Å². The van der Waals surface area contributed by atoms with Gasteiger partial charge in [-0.15, -0.1) is 0 Å². The van der Waals surface area contributed by atoms with Crippen LogP contribution in [0.4, 0.5) is 5.69 Å². The number of benzene rings is 2. The van der Waals surface area contributed by atoms with E-state index in [-0.39, 0.29) is 23.0 Å². The van der Waals surface area contributed by atoms with Crippen molar-refractivity contribution >= 4 is 35.4 Å². The number of aryl methyl sites for hydroxylation is 2. The van der Waals surface area contributed by atoms with Crippen molar-refractivity contribution in [2.24, 2.45) is 5.10 Å². The maximum absolute atomic E-state index is 12.0. The van der Waals surface area contributed by atoms with Gasteiger partial charge in [0.25, 0.3) is 5.91 Å². The van der Waals surface area contributed by atoms with Crippen LogP contribution in [-0.4, -0.2) is 31.7 Å². The Balaban J connectivity index is 1.55. The molecule has 0 bridgehead atoms. The molecular formula is C23H22ClN3O4. The summed E-state index contributed by atoms with van der Waals surface area (Å²) in [4.78, 5) is 23.6. The Labute approximate surface area is 185 Å². The molecular weight excluding hydrogens is 418 g/mol. The topological polar surface area (TPSA) is 92.9 Å². The summed E-state index contributed by atoms with van der Waals surface area (Å²) < 4.78 is 10.4. The van der Waals surface area contributed by atoms with Crippen molar-refractivity contribution in [3.63, 3.8) is 0 Å². The number of halogens is 1. The lowest BCUT2D eigenvalue weighted by Gasteiger charge is -2.07. The first-order valence-electron chi connectivity index (χ1n) is 9.48. The number of carbonyl (C=O) groups is 2. The third kappa shape index (κ3) is 5.73. The number of nitrogens with zero attached hydrogens (tertiary/aromatic N) is 1. The number of esters is 1. The summed E-state index contributed by atoms with van der Waals surface area (Å²) in [6.45, 7) is 4.14. The summed E-state index contributed by atoms with van der Waals surface area (Å²) >= 11 is 6.15. The highest BCUT2D eigenvalue weighted by Crippen LogP contribution is 2.27. The van der Waals surface area contributed by atoms with Gasteiger partial charge in [0.1, 0.15) is 11.5 Å². The fraction of sp³-hybridized carbons (Fsp3) is 0.174. The third-order valence-electron chi connectivity index (χ3n) is 4.63. The van der Waals surface area contributed by atoms with Gasteiger partial charge < -0.3 is 14.5 Å². The van der Waals surface area contributed by atoms with Crippen LogP contribution in [0.1, 0.15) is 27.2 Å². The highest BCUT2D eigenvalue weighted by molar-refractivity contribution is 6.33. The number of carbonyl (C=O) groups excluding carboxylic acids is 2. The number of hydrogen-bond donors (Lipinski definition) is 2. The van der Waals surface area contributed by atoms with E-state index in [9.17, 15) is 9.59 Å². The second kappa shape index (κ2) is 9.95. The predicted molar refractivity (Wildman–Crippen MR) is 121 cm³/mol. The molecule has 0 aliphatic carbocycles. The molecule has 0 aliphatic heterocycles. The van der Waals surface area contributed by atoms with E-state index in [0.29, 0.717) is 17.1 Å². The third-order valence-corrected chi connectivity index (χ3v) is 4.94. The van der Waals surface area contributed by atoms with E-state index < -0.39 is 5.97 Å². The molecule has 1 aromatic heterocycles. The number of methoxy groups -OCH3 is 1. The Bertz CT molecular complexity index is 1140. The second-order valence-electron chi connectivity index (χ2n) is 6.83. The van der Waals surface area contributed by atoms with Crippen LogP contribution in [0.25, 0.3) is 11.3 Å². The number of nitrogens with one attached hydrogen (secondary N) is 2. The Hall–Kier alpha value is -3.58. The average Bonchev–Trinajstić information content (AvgIpc) is 3.23. The molecule has 7 nitrogen and oxygen atoms in total. The predicted octanol–water partition coefficient (Wildman–Crippen LogP) is 4.57. The second-order valence-corrected chi connectivity index (χ2v) is 7.24. The molecule has 0 saturated heterocycles. The van der Waals surface area contributed by atoms with Gasteiger partial charge >= 0.3 is 5.97 Å². The first kappa shape index (κ1) is 22.1. The van der Waals surface area contributed by atoms with Gasteiger partial charge in [0.15, 0.2) is 0 Å². The molecule has 2 N–H and O–H groups in total. The van der Waals surface area contributed by atoms with E-state index in [0.717, 1.165) is 11.3 Å². The van der Waals surface area contributed by atoms with Crippen LogP contribution < -0.4 is 10.7 Å². The minimum Gasteiger partial charge on any atom is -0.465 e. The quantitative estimate of drug-likeness (QED) is 0.319. The van der Waals surface area contributed by atoms with Crippen LogP contribution in [0.5, 0.6) is 0 Å². The zero-order valence-electron chi connectivity index (χ0n) is 17.4. The summed E-state index contributed by atoms with van der Waals surface area (Å²) in [5.74, 6) is 0.200. The molecule has 0 fully saturated rings. The van der Waals surface area contributed by atoms with Crippen LogP contribution in [0.2, 0.25) is 5.02 Å². The minimum absolute atomic E-state index is 0.0916. The maximum Gasteiger partial charge on any atom is 0.339 e. The molecule has 1 amide bonds. The van der Waals surface area contributed by atoms with E-state index in [1.165, 1.54) is 18.9 Å². The molecule has 0 aliphatic rings. The number of furan rings is 1. The van der Waals surface area contributed by atoms with Crippen LogP contribution in [0, 0.1) is 13.8 Å². The van der Waals surface area contributed by atoms with Crippen molar-refractivity contribution in [2.75, 3.05) is 19.0 Å². The van der Waals surface area contributed by atoms with Gasteiger partial charge in [-0.2, -0.15) is 5.10 Å². The van der Waals surface area contributed by atoms with E-state index in [2.05, 4.69) is 20.6 Å². The first-order valence-corrected chi connectivity index (χ1v) is 9.86. The number of rotatable bonds is 7. The zero-order chi connectivity index (χ0) is 22.4.